The second-order valence-corrected chi connectivity index (χ2v) is 13.7. The fourth-order valence-corrected chi connectivity index (χ4v) is 8.95. The Bertz CT molecular complexity index is 1450. The molecule has 0 heterocycles. The Morgan fingerprint density at radius 2 is 1.79 bits per heavy atom. The summed E-state index contributed by atoms with van der Waals surface area (Å²) in [4.78, 5) is 14.0. The number of hydrogen-bond donors (Lipinski definition) is 5. The lowest BCUT2D eigenvalue weighted by atomic mass is 9.58. The second-order valence-electron chi connectivity index (χ2n) is 13.7. The number of rotatable bonds is 6. The number of carbonyl (C=O) groups is 1. The number of hydrogen-bond acceptors (Lipinski definition) is 7. The first kappa shape index (κ1) is 29.1. The summed E-state index contributed by atoms with van der Waals surface area (Å²) < 4.78 is 6.20. The van der Waals surface area contributed by atoms with Gasteiger partial charge in [-0.1, -0.05) is 75.4 Å². The van der Waals surface area contributed by atoms with Gasteiger partial charge < -0.3 is 30.5 Å². The molecule has 2 fully saturated rings. The molecule has 0 aliphatic heterocycles. The number of carbonyl (C=O) groups excluding carboxylic acids is 1. The number of fused-ring (bicyclic) bond motifs is 3. The Labute approximate surface area is 247 Å². The molecule has 9 unspecified atom stereocenters. The van der Waals surface area contributed by atoms with Crippen LogP contribution in [0.4, 0.5) is 5.69 Å². The van der Waals surface area contributed by atoms with Gasteiger partial charge in [0.2, 0.25) is 0 Å². The summed E-state index contributed by atoms with van der Waals surface area (Å²) in [5.74, 6) is -0.717. The average Bonchev–Trinajstić information content (AvgIpc) is 3.45. The van der Waals surface area contributed by atoms with E-state index in [1.807, 2.05) is 68.5 Å². The van der Waals surface area contributed by atoms with Crippen molar-refractivity contribution in [1.82, 2.24) is 0 Å². The Morgan fingerprint density at radius 1 is 1.07 bits per heavy atom. The fraction of sp³-hybridized carbons (Fsp3) is 0.514. The molecular formula is C35H43NO6. The van der Waals surface area contributed by atoms with E-state index < -0.39 is 41.9 Å². The zero-order chi connectivity index (χ0) is 30.2. The minimum Gasteiger partial charge on any atom is -0.451 e. The third-order valence-electron chi connectivity index (χ3n) is 11.2. The number of esters is 1. The highest BCUT2D eigenvalue weighted by Gasteiger charge is 2.76. The lowest BCUT2D eigenvalue weighted by Crippen LogP contribution is -2.66. The maximum absolute atomic E-state index is 14.0. The minimum absolute atomic E-state index is 0.00318. The minimum atomic E-state index is -2.07. The first-order valence-corrected chi connectivity index (χ1v) is 15.1. The molecule has 42 heavy (non-hydrogen) atoms. The van der Waals surface area contributed by atoms with Crippen LogP contribution in [0.25, 0.3) is 0 Å². The standard InChI is InChI=1S/C35H43NO6/c1-19-10-9-13-26(36-17-22-11-7-6-8-12-22)27(19)32(40)42-31-20(2)16-34-21(3)14-25-28(33(25,4)5)24(30(34)39)15-23(18-37)29(38)35(31,34)41/h6-13,15-16,21,24-25,28-31,36-39,41H,14,17-18H2,1-5H3. The van der Waals surface area contributed by atoms with Crippen LogP contribution in [-0.4, -0.2) is 56.9 Å². The molecule has 2 aromatic rings. The monoisotopic (exact) mass is 573 g/mol. The van der Waals surface area contributed by atoms with Gasteiger partial charge in [0.05, 0.1) is 23.7 Å². The quantitative estimate of drug-likeness (QED) is 0.257. The van der Waals surface area contributed by atoms with Crippen molar-refractivity contribution in [2.24, 2.45) is 34.5 Å². The molecule has 6 rings (SSSR count). The Kier molecular flexibility index (Phi) is 6.97. The molecule has 1 spiro atoms. The first-order valence-electron chi connectivity index (χ1n) is 15.1. The van der Waals surface area contributed by atoms with Gasteiger partial charge in [-0.2, -0.15) is 0 Å². The summed E-state index contributed by atoms with van der Waals surface area (Å²) in [7, 11) is 0. The second kappa shape index (κ2) is 10.1. The molecule has 2 saturated carbocycles. The van der Waals surface area contributed by atoms with Gasteiger partial charge in [-0.15, -0.1) is 0 Å². The SMILES string of the molecule is CC1=CC23C(C)CC4C(C(C=C(CO)C(O)C2(O)C1OC(=O)c1c(C)cccc1NCc1ccccc1)C3O)C4(C)C. The molecule has 224 valence electrons. The van der Waals surface area contributed by atoms with E-state index in [0.29, 0.717) is 34.9 Å². The van der Waals surface area contributed by atoms with E-state index in [-0.39, 0.29) is 28.7 Å². The smallest absolute Gasteiger partial charge is 0.341 e. The van der Waals surface area contributed by atoms with Gasteiger partial charge in [0, 0.05) is 18.2 Å². The number of aliphatic hydroxyl groups is 4. The van der Waals surface area contributed by atoms with Crippen LogP contribution in [0.15, 0.2) is 71.8 Å². The van der Waals surface area contributed by atoms with Crippen LogP contribution >= 0.6 is 0 Å². The van der Waals surface area contributed by atoms with Crippen LogP contribution in [0, 0.1) is 41.4 Å². The van der Waals surface area contributed by atoms with Crippen LogP contribution in [0.5, 0.6) is 0 Å². The normalized spacial score (nSPS) is 37.8. The van der Waals surface area contributed by atoms with Crippen molar-refractivity contribution in [1.29, 1.82) is 0 Å². The van der Waals surface area contributed by atoms with Gasteiger partial charge in [0.1, 0.15) is 11.7 Å². The molecule has 0 radical (unpaired) electrons. The van der Waals surface area contributed by atoms with E-state index in [4.69, 9.17) is 4.74 Å². The molecule has 0 amide bonds. The average molecular weight is 574 g/mol. The van der Waals surface area contributed by atoms with Crippen molar-refractivity contribution in [3.05, 3.63) is 88.5 Å². The van der Waals surface area contributed by atoms with Crippen LogP contribution < -0.4 is 5.32 Å². The Morgan fingerprint density at radius 3 is 2.48 bits per heavy atom. The van der Waals surface area contributed by atoms with Crippen molar-refractivity contribution < 1.29 is 30.0 Å². The van der Waals surface area contributed by atoms with Crippen molar-refractivity contribution in [2.75, 3.05) is 11.9 Å². The number of nitrogens with one attached hydrogen (secondary N) is 1. The third kappa shape index (κ3) is 3.97. The van der Waals surface area contributed by atoms with Crippen LogP contribution in [-0.2, 0) is 11.3 Å². The zero-order valence-electron chi connectivity index (χ0n) is 25.0. The predicted molar refractivity (Wildman–Crippen MR) is 161 cm³/mol. The Hall–Kier alpha value is -2.97. The van der Waals surface area contributed by atoms with Gasteiger partial charge in [-0.25, -0.2) is 4.79 Å². The molecule has 4 aliphatic rings. The molecular weight excluding hydrogens is 530 g/mol. The van der Waals surface area contributed by atoms with E-state index in [9.17, 15) is 25.2 Å². The van der Waals surface area contributed by atoms with Crippen LogP contribution in [0.1, 0.15) is 55.6 Å². The maximum atomic E-state index is 14.0. The molecule has 0 aromatic heterocycles. The van der Waals surface area contributed by atoms with E-state index in [1.165, 1.54) is 0 Å². The van der Waals surface area contributed by atoms with E-state index in [1.54, 1.807) is 13.0 Å². The lowest BCUT2D eigenvalue weighted by Gasteiger charge is -2.52. The number of aryl methyl sites for hydroxylation is 1. The number of anilines is 1. The highest BCUT2D eigenvalue weighted by molar-refractivity contribution is 5.97. The summed E-state index contributed by atoms with van der Waals surface area (Å²) >= 11 is 0. The topological polar surface area (TPSA) is 119 Å². The third-order valence-corrected chi connectivity index (χ3v) is 11.2. The number of benzene rings is 2. The summed E-state index contributed by atoms with van der Waals surface area (Å²) in [6, 6.07) is 15.4. The first-order chi connectivity index (χ1) is 19.9. The summed E-state index contributed by atoms with van der Waals surface area (Å²) in [5, 5.41) is 50.5. The Balaban J connectivity index is 1.38. The van der Waals surface area contributed by atoms with Crippen LogP contribution in [0.3, 0.4) is 0 Å². The van der Waals surface area contributed by atoms with Gasteiger partial charge in [0.15, 0.2) is 6.10 Å². The van der Waals surface area contributed by atoms with Crippen molar-refractivity contribution >= 4 is 11.7 Å². The summed E-state index contributed by atoms with van der Waals surface area (Å²) in [6.45, 7) is 10.1. The van der Waals surface area contributed by atoms with Gasteiger partial charge in [0.25, 0.3) is 0 Å². The predicted octanol–water partition coefficient (Wildman–Crippen LogP) is 4.39. The molecule has 9 atom stereocenters. The number of aliphatic hydroxyl groups excluding tert-OH is 3. The molecule has 7 heteroatoms. The largest absolute Gasteiger partial charge is 0.451 e. The molecule has 7 nitrogen and oxygen atoms in total. The lowest BCUT2D eigenvalue weighted by molar-refractivity contribution is -0.215. The van der Waals surface area contributed by atoms with E-state index in [0.717, 1.165) is 12.0 Å². The molecule has 5 N–H and O–H groups in total. The van der Waals surface area contributed by atoms with Gasteiger partial charge >= 0.3 is 5.97 Å². The van der Waals surface area contributed by atoms with Crippen LogP contribution in [0.2, 0.25) is 0 Å². The number of ether oxygens (including phenoxy) is 1. The maximum Gasteiger partial charge on any atom is 0.341 e. The zero-order valence-corrected chi connectivity index (χ0v) is 25.0. The highest BCUT2D eigenvalue weighted by atomic mass is 16.6. The van der Waals surface area contributed by atoms with E-state index >= 15 is 0 Å². The van der Waals surface area contributed by atoms with Crippen molar-refractivity contribution in [3.63, 3.8) is 0 Å². The molecule has 2 bridgehead atoms. The molecule has 0 saturated heterocycles. The summed E-state index contributed by atoms with van der Waals surface area (Å²) in [6.07, 6.45) is 0.602. The van der Waals surface area contributed by atoms with Crippen molar-refractivity contribution in [2.45, 2.75) is 71.5 Å². The molecule has 2 aromatic carbocycles. The molecule has 4 aliphatic carbocycles. The van der Waals surface area contributed by atoms with Crippen molar-refractivity contribution in [3.8, 4) is 0 Å². The van der Waals surface area contributed by atoms with E-state index in [2.05, 4.69) is 19.2 Å². The fourth-order valence-electron chi connectivity index (χ4n) is 8.95. The van der Waals surface area contributed by atoms with Gasteiger partial charge in [-0.3, -0.25) is 0 Å². The highest BCUT2D eigenvalue weighted by Crippen LogP contribution is 2.72. The summed E-state index contributed by atoms with van der Waals surface area (Å²) in [5.41, 5.74) is 0.209. The van der Waals surface area contributed by atoms with Gasteiger partial charge in [-0.05, 0) is 71.8 Å².